The lowest BCUT2D eigenvalue weighted by molar-refractivity contribution is -0.139. The molecule has 12 nitrogen and oxygen atoms in total. The maximum atomic E-state index is 14.1. The number of fused-ring (bicyclic) bond motifs is 5. The Balaban J connectivity index is 1.31. The Labute approximate surface area is 281 Å². The molecule has 6 atom stereocenters. The second-order valence-electron chi connectivity index (χ2n) is 14.6. The van der Waals surface area contributed by atoms with E-state index in [0.717, 1.165) is 62.4 Å². The molecular weight excluding hydrogens is 614 g/mol. The van der Waals surface area contributed by atoms with Crippen molar-refractivity contribution in [3.63, 3.8) is 0 Å². The standard InChI is InChI=1S/C36H47N5O7/c1-21-17-37-31(46-21)20-45-24-14-15-25-27(16-24)39-33-26(38-25)12-8-6-7-10-23-11-9-13-29(23)48-35(44)40-32(36(3,4)5)34(43)41-18-30(47-33)22(2)28(41)19-42/h14-17,19,22-23,28-30,32H,6-13,18,20H2,1-5H3,(H,40,44)/t22-,23+,28+,29+,30-,32+/m0/s1. The molecule has 0 radical (unpaired) electrons. The topological polar surface area (TPSA) is 146 Å². The molecule has 0 spiro atoms. The predicted molar refractivity (Wildman–Crippen MR) is 176 cm³/mol. The molecule has 48 heavy (non-hydrogen) atoms. The van der Waals surface area contributed by atoms with Crippen LogP contribution in [0.3, 0.4) is 0 Å². The number of hydrogen-bond acceptors (Lipinski definition) is 10. The number of ether oxygens (including phenoxy) is 3. The van der Waals surface area contributed by atoms with Gasteiger partial charge in [0.15, 0.2) is 6.61 Å². The maximum Gasteiger partial charge on any atom is 0.408 e. The highest BCUT2D eigenvalue weighted by molar-refractivity contribution is 5.89. The fraction of sp³-hybridized carbons (Fsp3) is 0.611. The molecule has 1 saturated heterocycles. The van der Waals surface area contributed by atoms with Gasteiger partial charge < -0.3 is 33.6 Å². The van der Waals surface area contributed by atoms with E-state index in [1.807, 2.05) is 52.8 Å². The average molecular weight is 662 g/mol. The Morgan fingerprint density at radius 2 is 1.83 bits per heavy atom. The lowest BCUT2D eigenvalue weighted by Gasteiger charge is -2.35. The number of carbonyl (C=O) groups excluding carboxylic acids is 3. The number of carbonyl (C=O) groups is 3. The third-order valence-electron chi connectivity index (χ3n) is 9.96. The lowest BCUT2D eigenvalue weighted by atomic mass is 9.85. The van der Waals surface area contributed by atoms with Crippen molar-refractivity contribution in [1.82, 2.24) is 25.2 Å². The van der Waals surface area contributed by atoms with Gasteiger partial charge in [-0.3, -0.25) is 4.79 Å². The van der Waals surface area contributed by atoms with E-state index in [0.29, 0.717) is 41.1 Å². The highest BCUT2D eigenvalue weighted by Crippen LogP contribution is 2.35. The molecule has 1 saturated carbocycles. The van der Waals surface area contributed by atoms with E-state index in [1.165, 1.54) is 4.90 Å². The maximum absolute atomic E-state index is 14.1. The van der Waals surface area contributed by atoms with Gasteiger partial charge in [0, 0.05) is 12.0 Å². The summed E-state index contributed by atoms with van der Waals surface area (Å²) < 4.78 is 24.0. The zero-order chi connectivity index (χ0) is 34.0. The molecule has 6 rings (SSSR count). The Hall–Kier alpha value is -4.22. The van der Waals surface area contributed by atoms with Crippen LogP contribution in [0.15, 0.2) is 28.8 Å². The summed E-state index contributed by atoms with van der Waals surface area (Å²) in [6.07, 6.45) is 8.55. The van der Waals surface area contributed by atoms with Gasteiger partial charge in [-0.15, -0.1) is 0 Å². The monoisotopic (exact) mass is 661 g/mol. The quantitative estimate of drug-likeness (QED) is 0.344. The summed E-state index contributed by atoms with van der Waals surface area (Å²) in [7, 11) is 0. The van der Waals surface area contributed by atoms with Crippen LogP contribution < -0.4 is 14.8 Å². The van der Waals surface area contributed by atoms with Gasteiger partial charge in [-0.05, 0) is 68.9 Å². The number of aromatic nitrogens is 3. The minimum atomic E-state index is -0.896. The molecule has 3 aliphatic rings. The number of aryl methyl sites for hydroxylation is 2. The van der Waals surface area contributed by atoms with Crippen molar-refractivity contribution >= 4 is 29.3 Å². The van der Waals surface area contributed by atoms with Crippen LogP contribution >= 0.6 is 0 Å². The number of nitrogens with zero attached hydrogens (tertiary/aromatic N) is 4. The first-order valence-corrected chi connectivity index (χ1v) is 17.2. The fourth-order valence-electron chi connectivity index (χ4n) is 7.19. The SMILES string of the molecule is Cc1cnc(COc2ccc3nc4c(nc3c2)O[C@H]2CN(C(=O)[C@H](C(C)(C)C)NC(=O)O[C@@H]3CCC[C@H]3CCCCC4)[C@H](C=O)[C@@H]2C)o1. The summed E-state index contributed by atoms with van der Waals surface area (Å²) in [6, 6.07) is 3.91. The Bertz CT molecular complexity index is 1630. The average Bonchev–Trinajstić information content (AvgIpc) is 3.75. The van der Waals surface area contributed by atoms with Crippen molar-refractivity contribution in [3.05, 3.63) is 41.7 Å². The zero-order valence-corrected chi connectivity index (χ0v) is 28.6. The van der Waals surface area contributed by atoms with Gasteiger partial charge in [-0.1, -0.05) is 40.5 Å². The molecule has 2 amide bonds. The van der Waals surface area contributed by atoms with E-state index < -0.39 is 29.7 Å². The number of amides is 2. The molecule has 2 aliphatic heterocycles. The molecule has 3 aromatic rings. The van der Waals surface area contributed by atoms with Gasteiger partial charge in [-0.25, -0.2) is 19.7 Å². The summed E-state index contributed by atoms with van der Waals surface area (Å²) in [5, 5.41) is 2.88. The second-order valence-corrected chi connectivity index (χ2v) is 14.6. The number of nitrogens with one attached hydrogen (secondary N) is 1. The van der Waals surface area contributed by atoms with Crippen LogP contribution in [-0.2, 0) is 27.4 Å². The van der Waals surface area contributed by atoms with Crippen molar-refractivity contribution in [2.45, 2.75) is 117 Å². The third-order valence-corrected chi connectivity index (χ3v) is 9.96. The summed E-state index contributed by atoms with van der Waals surface area (Å²) in [5.41, 5.74) is 1.43. The number of oxazole rings is 1. The molecule has 1 aliphatic carbocycles. The van der Waals surface area contributed by atoms with E-state index in [9.17, 15) is 14.4 Å². The minimum Gasteiger partial charge on any atom is -0.484 e. The number of rotatable bonds is 4. The molecule has 0 unspecified atom stereocenters. The summed E-state index contributed by atoms with van der Waals surface area (Å²) in [5.74, 6) is 1.79. The third kappa shape index (κ3) is 7.42. The fourth-order valence-corrected chi connectivity index (χ4v) is 7.19. The Kier molecular flexibility index (Phi) is 9.89. The zero-order valence-electron chi connectivity index (χ0n) is 28.6. The van der Waals surface area contributed by atoms with Crippen LogP contribution in [0.25, 0.3) is 11.0 Å². The van der Waals surface area contributed by atoms with Crippen LogP contribution in [0.1, 0.15) is 90.0 Å². The lowest BCUT2D eigenvalue weighted by Crippen LogP contribution is -2.56. The van der Waals surface area contributed by atoms with E-state index in [-0.39, 0.29) is 31.1 Å². The van der Waals surface area contributed by atoms with Gasteiger partial charge in [0.1, 0.15) is 41.7 Å². The van der Waals surface area contributed by atoms with Crippen LogP contribution in [0, 0.1) is 24.2 Å². The molecule has 258 valence electrons. The number of benzene rings is 1. The van der Waals surface area contributed by atoms with Gasteiger partial charge in [0.05, 0.1) is 29.8 Å². The number of alkyl carbamates (subject to hydrolysis) is 1. The first kappa shape index (κ1) is 33.7. The number of aldehydes is 1. The largest absolute Gasteiger partial charge is 0.484 e. The van der Waals surface area contributed by atoms with E-state index in [2.05, 4.69) is 10.3 Å². The normalized spacial score (nSPS) is 27.2. The Morgan fingerprint density at radius 3 is 2.58 bits per heavy atom. The summed E-state index contributed by atoms with van der Waals surface area (Å²) in [4.78, 5) is 55.5. The van der Waals surface area contributed by atoms with Crippen molar-refractivity contribution in [3.8, 4) is 11.6 Å². The van der Waals surface area contributed by atoms with Crippen LogP contribution in [0.5, 0.6) is 11.6 Å². The summed E-state index contributed by atoms with van der Waals surface area (Å²) >= 11 is 0. The van der Waals surface area contributed by atoms with E-state index >= 15 is 0 Å². The summed E-state index contributed by atoms with van der Waals surface area (Å²) in [6.45, 7) is 9.75. The van der Waals surface area contributed by atoms with Crippen LogP contribution in [0.2, 0.25) is 0 Å². The molecule has 2 fully saturated rings. The van der Waals surface area contributed by atoms with Crippen LogP contribution in [-0.4, -0.2) is 69.0 Å². The van der Waals surface area contributed by atoms with Crippen molar-refractivity contribution < 1.29 is 33.0 Å². The highest BCUT2D eigenvalue weighted by atomic mass is 16.6. The molecule has 2 bridgehead atoms. The van der Waals surface area contributed by atoms with E-state index in [1.54, 1.807) is 6.20 Å². The van der Waals surface area contributed by atoms with Gasteiger partial charge in [0.25, 0.3) is 0 Å². The van der Waals surface area contributed by atoms with Crippen molar-refractivity contribution in [1.29, 1.82) is 0 Å². The van der Waals surface area contributed by atoms with Crippen LogP contribution in [0.4, 0.5) is 4.79 Å². The van der Waals surface area contributed by atoms with Gasteiger partial charge in [-0.2, -0.15) is 0 Å². The molecule has 1 N–H and O–H groups in total. The van der Waals surface area contributed by atoms with Crippen molar-refractivity contribution in [2.75, 3.05) is 6.54 Å². The Morgan fingerprint density at radius 1 is 1.02 bits per heavy atom. The first-order chi connectivity index (χ1) is 23.0. The first-order valence-electron chi connectivity index (χ1n) is 17.2. The smallest absolute Gasteiger partial charge is 0.408 e. The second kappa shape index (κ2) is 14.1. The van der Waals surface area contributed by atoms with E-state index in [4.69, 9.17) is 28.6 Å². The van der Waals surface area contributed by atoms with Gasteiger partial charge >= 0.3 is 6.09 Å². The predicted octanol–water partition coefficient (Wildman–Crippen LogP) is 5.72. The number of hydrogen-bond donors (Lipinski definition) is 1. The molecule has 1 aromatic carbocycles. The van der Waals surface area contributed by atoms with Crippen molar-refractivity contribution in [2.24, 2.45) is 17.3 Å². The highest BCUT2D eigenvalue weighted by Gasteiger charge is 2.47. The molecule has 4 heterocycles. The minimum absolute atomic E-state index is 0.162. The molecular formula is C36H47N5O7. The molecule has 12 heteroatoms. The molecule has 2 aromatic heterocycles. The van der Waals surface area contributed by atoms with Gasteiger partial charge in [0.2, 0.25) is 17.7 Å².